The predicted octanol–water partition coefficient (Wildman–Crippen LogP) is 4.52. The van der Waals surface area contributed by atoms with Crippen molar-refractivity contribution in [2.24, 2.45) is 10.7 Å². The number of aliphatic imine (C=N–C) groups is 1. The Labute approximate surface area is 205 Å². The molecule has 1 aliphatic rings. The maximum Gasteiger partial charge on any atom is 0.435 e. The number of amides is 2. The monoisotopic (exact) mass is 518 g/mol. The Hall–Kier alpha value is -4.45. The van der Waals surface area contributed by atoms with Gasteiger partial charge in [-0.25, -0.2) is 14.1 Å². The van der Waals surface area contributed by atoms with Crippen LogP contribution in [0.15, 0.2) is 66.1 Å². The van der Waals surface area contributed by atoms with Crippen molar-refractivity contribution >= 4 is 46.7 Å². The van der Waals surface area contributed by atoms with E-state index < -0.39 is 29.5 Å². The van der Waals surface area contributed by atoms with Crippen LogP contribution in [-0.4, -0.2) is 27.8 Å². The first-order valence-corrected chi connectivity index (χ1v) is 10.4. The molecule has 0 fully saturated rings. The summed E-state index contributed by atoms with van der Waals surface area (Å²) in [4.78, 5) is 28.1. The van der Waals surface area contributed by atoms with E-state index in [0.29, 0.717) is 5.69 Å². The molecule has 0 saturated heterocycles. The Balaban J connectivity index is 1.73. The fourth-order valence-electron chi connectivity index (χ4n) is 3.27. The molecule has 0 radical (unpaired) electrons. The predicted molar refractivity (Wildman–Crippen MR) is 125 cm³/mol. The molecule has 0 aliphatic carbocycles. The second kappa shape index (κ2) is 9.30. The van der Waals surface area contributed by atoms with E-state index in [4.69, 9.17) is 17.3 Å². The summed E-state index contributed by atoms with van der Waals surface area (Å²) in [7, 11) is 0. The van der Waals surface area contributed by atoms with E-state index >= 15 is 0 Å². The van der Waals surface area contributed by atoms with Crippen LogP contribution < -0.4 is 16.4 Å². The largest absolute Gasteiger partial charge is 0.435 e. The molecule has 13 heteroatoms. The van der Waals surface area contributed by atoms with Gasteiger partial charge in [0, 0.05) is 23.7 Å². The minimum Gasteiger partial charge on any atom is -0.383 e. The van der Waals surface area contributed by atoms with Gasteiger partial charge in [-0.05, 0) is 42.0 Å². The number of nitrogens with one attached hydrogen (secondary N) is 2. The summed E-state index contributed by atoms with van der Waals surface area (Å²) in [5.41, 5.74) is 5.89. The molecule has 4 N–H and O–H groups in total. The van der Waals surface area contributed by atoms with Gasteiger partial charge < -0.3 is 11.1 Å². The Morgan fingerprint density at radius 3 is 2.53 bits per heavy atom. The maximum atomic E-state index is 13.4. The topological polar surface area (TPSA) is 114 Å². The van der Waals surface area contributed by atoms with Crippen LogP contribution in [0, 0.1) is 5.82 Å². The lowest BCUT2D eigenvalue weighted by molar-refractivity contribution is -0.141. The van der Waals surface area contributed by atoms with Crippen molar-refractivity contribution in [3.8, 4) is 0 Å². The van der Waals surface area contributed by atoms with Crippen LogP contribution in [0.25, 0.3) is 11.4 Å². The number of alkyl halides is 3. The Bertz CT molecular complexity index is 1480. The number of carbonyl (C=O) groups excluding carboxylic acids is 2. The highest BCUT2D eigenvalue weighted by atomic mass is 35.5. The lowest BCUT2D eigenvalue weighted by Crippen LogP contribution is -2.19. The fraction of sp³-hybridized carbons (Fsp3) is 0.0435. The smallest absolute Gasteiger partial charge is 0.383 e. The summed E-state index contributed by atoms with van der Waals surface area (Å²) in [6.45, 7) is 3.73. The molecule has 0 atom stereocenters. The molecule has 36 heavy (non-hydrogen) atoms. The average molecular weight is 519 g/mol. The molecule has 0 saturated carbocycles. The van der Waals surface area contributed by atoms with E-state index in [1.54, 1.807) is 0 Å². The lowest BCUT2D eigenvalue weighted by Gasteiger charge is -2.11. The molecule has 0 unspecified atom stereocenters. The quantitative estimate of drug-likeness (QED) is 0.252. The zero-order valence-electron chi connectivity index (χ0n) is 18.0. The highest BCUT2D eigenvalue weighted by molar-refractivity contribution is 6.31. The molecular weight excluding hydrogens is 504 g/mol. The van der Waals surface area contributed by atoms with Crippen molar-refractivity contribution in [1.29, 1.82) is 0 Å². The molecular formula is C23H15ClF4N6O2. The van der Waals surface area contributed by atoms with Crippen molar-refractivity contribution < 1.29 is 27.2 Å². The number of halogens is 5. The van der Waals surface area contributed by atoms with Gasteiger partial charge in [0.25, 0.3) is 11.8 Å². The standard InChI is InChI=1S/C23H15ClF4N6O2/c1-11(31-13-3-5-18(25)17(24)9-13)30-10-16(20(29)34-7-6-19(33-34)23(26,27)28)12-2-4-14-15(8-12)22(36)32-21(14)35/h2-10,31H,1,29H2,(H,32,35,36)/b20-16-,30-10-. The molecule has 2 heterocycles. The van der Waals surface area contributed by atoms with E-state index in [2.05, 4.69) is 27.3 Å². The molecule has 0 spiro atoms. The normalized spacial score (nSPS) is 14.0. The van der Waals surface area contributed by atoms with Crippen LogP contribution in [-0.2, 0) is 6.18 Å². The van der Waals surface area contributed by atoms with Crippen molar-refractivity contribution in [1.82, 2.24) is 15.1 Å². The molecule has 8 nitrogen and oxygen atoms in total. The van der Waals surface area contributed by atoms with Gasteiger partial charge in [-0.15, -0.1) is 0 Å². The molecule has 4 rings (SSSR count). The van der Waals surface area contributed by atoms with Crippen LogP contribution in [0.4, 0.5) is 23.2 Å². The fourth-order valence-corrected chi connectivity index (χ4v) is 3.45. The van der Waals surface area contributed by atoms with E-state index in [-0.39, 0.29) is 38.9 Å². The van der Waals surface area contributed by atoms with Gasteiger partial charge in [0.2, 0.25) is 0 Å². The second-order valence-electron chi connectivity index (χ2n) is 7.44. The highest BCUT2D eigenvalue weighted by Gasteiger charge is 2.34. The highest BCUT2D eigenvalue weighted by Crippen LogP contribution is 2.29. The summed E-state index contributed by atoms with van der Waals surface area (Å²) >= 11 is 5.76. The number of fused-ring (bicyclic) bond motifs is 1. The van der Waals surface area contributed by atoms with Gasteiger partial charge in [0.1, 0.15) is 17.5 Å². The number of hydrogen-bond acceptors (Lipinski definition) is 6. The van der Waals surface area contributed by atoms with Gasteiger partial charge in [-0.2, -0.15) is 18.3 Å². The first-order chi connectivity index (χ1) is 16.9. The number of imide groups is 1. The average Bonchev–Trinajstić information content (AvgIpc) is 3.42. The molecule has 1 aromatic heterocycles. The molecule has 2 amide bonds. The number of hydrogen-bond donors (Lipinski definition) is 3. The van der Waals surface area contributed by atoms with Crippen molar-refractivity contribution in [3.63, 3.8) is 0 Å². The van der Waals surface area contributed by atoms with Gasteiger partial charge >= 0.3 is 6.18 Å². The zero-order chi connectivity index (χ0) is 26.2. The number of carbonyl (C=O) groups is 2. The molecule has 1 aliphatic heterocycles. The van der Waals surface area contributed by atoms with Crippen molar-refractivity contribution in [2.45, 2.75) is 6.18 Å². The summed E-state index contributed by atoms with van der Waals surface area (Å²) in [5.74, 6) is -2.04. The Kier molecular flexibility index (Phi) is 6.37. The number of nitrogens with zero attached hydrogens (tertiary/aromatic N) is 3. The Morgan fingerprint density at radius 2 is 1.86 bits per heavy atom. The minimum absolute atomic E-state index is 0.0495. The van der Waals surface area contributed by atoms with Crippen LogP contribution in [0.3, 0.4) is 0 Å². The Morgan fingerprint density at radius 1 is 1.14 bits per heavy atom. The van der Waals surface area contributed by atoms with Gasteiger partial charge in [-0.3, -0.25) is 14.9 Å². The number of allylic oxidation sites excluding steroid dienone is 1. The molecule has 0 bridgehead atoms. The first-order valence-electron chi connectivity index (χ1n) is 10.0. The second-order valence-corrected chi connectivity index (χ2v) is 7.85. The summed E-state index contributed by atoms with van der Waals surface area (Å²) in [5, 5.41) is 8.27. The maximum absolute atomic E-state index is 13.4. The number of anilines is 1. The number of benzene rings is 2. The summed E-state index contributed by atoms with van der Waals surface area (Å²) in [6, 6.07) is 8.77. The molecule has 184 valence electrons. The number of aromatic nitrogens is 2. The molecule has 3 aromatic rings. The summed E-state index contributed by atoms with van der Waals surface area (Å²) in [6.07, 6.45) is -2.48. The third-order valence-corrected chi connectivity index (χ3v) is 5.30. The van der Waals surface area contributed by atoms with Crippen molar-refractivity contribution in [2.75, 3.05) is 5.32 Å². The summed E-state index contributed by atoms with van der Waals surface area (Å²) < 4.78 is 53.3. The van der Waals surface area contributed by atoms with E-state index in [0.717, 1.165) is 23.0 Å². The first kappa shape index (κ1) is 24.7. The third kappa shape index (κ3) is 4.98. The SMILES string of the molecule is C=C(/N=C\C(=C(/N)n1ccc(C(F)(F)F)n1)c1ccc2c(c1)C(=O)NC2=O)Nc1ccc(F)c(Cl)c1. The zero-order valence-corrected chi connectivity index (χ0v) is 18.8. The van der Waals surface area contributed by atoms with Crippen LogP contribution >= 0.6 is 11.6 Å². The molecule has 2 aromatic carbocycles. The van der Waals surface area contributed by atoms with Crippen LogP contribution in [0.1, 0.15) is 32.0 Å². The van der Waals surface area contributed by atoms with Gasteiger partial charge in [0.05, 0.1) is 16.1 Å². The van der Waals surface area contributed by atoms with E-state index in [1.165, 1.54) is 36.5 Å². The number of nitrogens with two attached hydrogens (primary N) is 1. The van der Waals surface area contributed by atoms with Gasteiger partial charge in [-0.1, -0.05) is 24.2 Å². The van der Waals surface area contributed by atoms with Crippen LogP contribution in [0.5, 0.6) is 0 Å². The van der Waals surface area contributed by atoms with Crippen molar-refractivity contribution in [3.05, 3.63) is 94.3 Å². The number of rotatable bonds is 6. The van der Waals surface area contributed by atoms with Crippen LogP contribution in [0.2, 0.25) is 5.02 Å². The minimum atomic E-state index is -4.69. The van der Waals surface area contributed by atoms with Gasteiger partial charge in [0.15, 0.2) is 5.69 Å². The van der Waals surface area contributed by atoms with E-state index in [1.807, 2.05) is 0 Å². The lowest BCUT2D eigenvalue weighted by atomic mass is 10.0. The van der Waals surface area contributed by atoms with E-state index in [9.17, 15) is 27.2 Å². The third-order valence-electron chi connectivity index (χ3n) is 5.01.